The molecule has 0 fully saturated rings. The largest absolute Gasteiger partial charge is 0.297 e. The van der Waals surface area contributed by atoms with Crippen LogP contribution in [0.3, 0.4) is 0 Å². The predicted molar refractivity (Wildman–Crippen MR) is 81.2 cm³/mol. The molecular weight excluding hydrogens is 260 g/mol. The Morgan fingerprint density at radius 3 is 2.83 bits per heavy atom. The molecule has 1 unspecified atom stereocenters. The van der Waals surface area contributed by atoms with Gasteiger partial charge in [-0.1, -0.05) is 6.07 Å². The highest BCUT2D eigenvalue weighted by molar-refractivity contribution is 8.01. The van der Waals surface area contributed by atoms with Crippen LogP contribution in [-0.2, 0) is 0 Å². The molecule has 0 spiro atoms. The fraction of sp³-hybridized carbons (Fsp3) is 0.643. The van der Waals surface area contributed by atoms with E-state index in [0.29, 0.717) is 6.04 Å². The third-order valence-electron chi connectivity index (χ3n) is 2.66. The van der Waals surface area contributed by atoms with Gasteiger partial charge >= 0.3 is 0 Å². The molecule has 100 valence electrons. The first-order valence-corrected chi connectivity index (χ1v) is 8.27. The molecule has 0 radical (unpaired) electrons. The molecule has 0 aliphatic carbocycles. The number of rotatable bonds is 8. The normalized spacial score (nSPS) is 14.4. The maximum absolute atomic E-state index is 9.22. The minimum Gasteiger partial charge on any atom is -0.297 e. The minimum atomic E-state index is -0.373. The van der Waals surface area contributed by atoms with Gasteiger partial charge in [-0.15, -0.1) is 23.1 Å². The summed E-state index contributed by atoms with van der Waals surface area (Å²) in [5.74, 6) is 1.14. The predicted octanol–water partition coefficient (Wildman–Crippen LogP) is 4.29. The van der Waals surface area contributed by atoms with E-state index in [-0.39, 0.29) is 5.54 Å². The zero-order valence-corrected chi connectivity index (χ0v) is 13.0. The summed E-state index contributed by atoms with van der Waals surface area (Å²) in [5.41, 5.74) is -0.373. The summed E-state index contributed by atoms with van der Waals surface area (Å²) < 4.78 is 1.39. The summed E-state index contributed by atoms with van der Waals surface area (Å²) >= 11 is 3.71. The van der Waals surface area contributed by atoms with E-state index < -0.39 is 0 Å². The number of unbranched alkanes of at least 4 members (excludes halogenated alkanes) is 1. The van der Waals surface area contributed by atoms with Crippen LogP contribution in [0.15, 0.2) is 21.7 Å². The van der Waals surface area contributed by atoms with Crippen molar-refractivity contribution >= 4 is 23.1 Å². The van der Waals surface area contributed by atoms with Crippen molar-refractivity contribution in [2.45, 2.75) is 55.8 Å². The topological polar surface area (TPSA) is 35.8 Å². The van der Waals surface area contributed by atoms with E-state index in [1.165, 1.54) is 10.6 Å². The Balaban J connectivity index is 2.18. The van der Waals surface area contributed by atoms with Crippen molar-refractivity contribution in [1.82, 2.24) is 5.32 Å². The second kappa shape index (κ2) is 7.83. The summed E-state index contributed by atoms with van der Waals surface area (Å²) in [4.78, 5) is 0. The molecule has 2 nitrogen and oxygen atoms in total. The van der Waals surface area contributed by atoms with E-state index in [1.807, 2.05) is 18.7 Å². The van der Waals surface area contributed by atoms with Gasteiger partial charge in [-0.2, -0.15) is 5.26 Å². The molecule has 1 aromatic heterocycles. The first-order valence-electron chi connectivity index (χ1n) is 6.41. The standard InChI is InChI=1S/C14H22N2S2/c1-12(2)16-14(3,11-15)8-4-5-9-17-13-7-6-10-18-13/h6-7,10,12,16H,4-5,8-9H2,1-3H3. The smallest absolute Gasteiger partial charge is 0.104 e. The molecule has 1 N–H and O–H groups in total. The summed E-state index contributed by atoms with van der Waals surface area (Å²) in [5, 5.41) is 14.7. The van der Waals surface area contributed by atoms with E-state index >= 15 is 0 Å². The molecule has 0 bridgehead atoms. The van der Waals surface area contributed by atoms with Gasteiger partial charge in [-0.25, -0.2) is 0 Å². The molecule has 1 aromatic rings. The Kier molecular flexibility index (Phi) is 6.77. The fourth-order valence-electron chi connectivity index (χ4n) is 1.90. The molecule has 0 aromatic carbocycles. The quantitative estimate of drug-likeness (QED) is 0.570. The van der Waals surface area contributed by atoms with Crippen molar-refractivity contribution in [2.75, 3.05) is 5.75 Å². The van der Waals surface area contributed by atoms with Crippen molar-refractivity contribution in [3.8, 4) is 6.07 Å². The van der Waals surface area contributed by atoms with Crippen molar-refractivity contribution in [2.24, 2.45) is 0 Å². The Hall–Kier alpha value is -0.500. The van der Waals surface area contributed by atoms with Crippen LogP contribution in [0, 0.1) is 11.3 Å². The monoisotopic (exact) mass is 282 g/mol. The van der Waals surface area contributed by atoms with Crippen LogP contribution in [0.1, 0.15) is 40.0 Å². The highest BCUT2D eigenvalue weighted by Gasteiger charge is 2.23. The van der Waals surface area contributed by atoms with Gasteiger partial charge in [0, 0.05) is 6.04 Å². The molecule has 0 saturated carbocycles. The summed E-state index contributed by atoms with van der Waals surface area (Å²) in [7, 11) is 0. The lowest BCUT2D eigenvalue weighted by atomic mass is 9.96. The van der Waals surface area contributed by atoms with Gasteiger partial charge in [0.1, 0.15) is 5.54 Å². The van der Waals surface area contributed by atoms with E-state index in [1.54, 1.807) is 11.3 Å². The molecule has 0 saturated heterocycles. The molecule has 1 heterocycles. The molecule has 0 aliphatic rings. The maximum atomic E-state index is 9.22. The Morgan fingerprint density at radius 1 is 1.50 bits per heavy atom. The van der Waals surface area contributed by atoms with Gasteiger partial charge in [0.15, 0.2) is 0 Å². The van der Waals surface area contributed by atoms with Crippen molar-refractivity contribution in [3.05, 3.63) is 17.5 Å². The lowest BCUT2D eigenvalue weighted by Gasteiger charge is -2.25. The molecule has 18 heavy (non-hydrogen) atoms. The molecular formula is C14H22N2S2. The van der Waals surface area contributed by atoms with Crippen molar-refractivity contribution in [1.29, 1.82) is 5.26 Å². The Labute approximate surface area is 119 Å². The van der Waals surface area contributed by atoms with Crippen LogP contribution in [0.4, 0.5) is 0 Å². The summed E-state index contributed by atoms with van der Waals surface area (Å²) in [6.45, 7) is 6.17. The van der Waals surface area contributed by atoms with Crippen molar-refractivity contribution < 1.29 is 0 Å². The van der Waals surface area contributed by atoms with E-state index in [2.05, 4.69) is 42.7 Å². The Morgan fingerprint density at radius 2 is 2.28 bits per heavy atom. The van der Waals surface area contributed by atoms with Gasteiger partial charge < -0.3 is 0 Å². The zero-order valence-electron chi connectivity index (χ0n) is 11.4. The maximum Gasteiger partial charge on any atom is 0.104 e. The Bertz CT molecular complexity index is 368. The summed E-state index contributed by atoms with van der Waals surface area (Å²) in [6, 6.07) is 7.01. The van der Waals surface area contributed by atoms with Crippen LogP contribution in [-0.4, -0.2) is 17.3 Å². The minimum absolute atomic E-state index is 0.357. The first-order chi connectivity index (χ1) is 8.56. The van der Waals surface area contributed by atoms with E-state index in [9.17, 15) is 5.26 Å². The van der Waals surface area contributed by atoms with Gasteiger partial charge in [-0.3, -0.25) is 5.32 Å². The van der Waals surface area contributed by atoms with Gasteiger partial charge in [0.05, 0.1) is 10.3 Å². The number of nitrogens with zero attached hydrogens (tertiary/aromatic N) is 1. The second-order valence-electron chi connectivity index (χ2n) is 4.98. The van der Waals surface area contributed by atoms with Crippen molar-refractivity contribution in [3.63, 3.8) is 0 Å². The van der Waals surface area contributed by atoms with Crippen LogP contribution in [0.25, 0.3) is 0 Å². The highest BCUT2D eigenvalue weighted by Crippen LogP contribution is 2.25. The van der Waals surface area contributed by atoms with Gasteiger partial charge in [0.2, 0.25) is 0 Å². The average molecular weight is 282 g/mol. The van der Waals surface area contributed by atoms with E-state index in [4.69, 9.17) is 0 Å². The fourth-order valence-corrected chi connectivity index (χ4v) is 3.76. The van der Waals surface area contributed by atoms with E-state index in [0.717, 1.165) is 18.6 Å². The number of hydrogen-bond acceptors (Lipinski definition) is 4. The number of nitrogens with one attached hydrogen (secondary N) is 1. The third kappa shape index (κ3) is 5.90. The lowest BCUT2D eigenvalue weighted by Crippen LogP contribution is -2.44. The average Bonchev–Trinajstić information content (AvgIpc) is 2.80. The molecule has 1 atom stereocenters. The molecule has 4 heteroatoms. The number of thiophene rings is 1. The van der Waals surface area contributed by atoms with Crippen LogP contribution in [0.2, 0.25) is 0 Å². The van der Waals surface area contributed by atoms with Crippen LogP contribution in [0.5, 0.6) is 0 Å². The molecule has 1 rings (SSSR count). The first kappa shape index (κ1) is 15.6. The molecule has 0 aliphatic heterocycles. The zero-order chi connectivity index (χ0) is 13.4. The number of hydrogen-bond donors (Lipinski definition) is 1. The lowest BCUT2D eigenvalue weighted by molar-refractivity contribution is 0.373. The number of thioether (sulfide) groups is 1. The van der Waals surface area contributed by atoms with Gasteiger partial charge in [0.25, 0.3) is 0 Å². The van der Waals surface area contributed by atoms with Gasteiger partial charge in [-0.05, 0) is 57.2 Å². The highest BCUT2D eigenvalue weighted by atomic mass is 32.2. The third-order valence-corrected chi connectivity index (χ3v) is 4.88. The summed E-state index contributed by atoms with van der Waals surface area (Å²) in [6.07, 6.45) is 3.19. The number of nitriles is 1. The van der Waals surface area contributed by atoms with Crippen LogP contribution < -0.4 is 5.32 Å². The second-order valence-corrected chi connectivity index (χ2v) is 7.32. The van der Waals surface area contributed by atoms with Crippen LogP contribution >= 0.6 is 23.1 Å². The molecule has 0 amide bonds. The SMILES string of the molecule is CC(C)NC(C)(C#N)CCCCSc1cccs1.